The number of unbranched alkanes of at least 4 members (excludes halogenated alkanes) is 28. The second-order valence-corrected chi connectivity index (χ2v) is 21.8. The minimum absolute atomic E-state index is 0.257. The van der Waals surface area contributed by atoms with Gasteiger partial charge in [-0.3, -0.25) is 4.79 Å². The molecule has 12 unspecified atom stereocenters. The number of hydrogen-bond acceptors (Lipinski definition) is 13. The molecule has 0 radical (unpaired) electrons. The number of hydrogen-bond donors (Lipinski definition) is 9. The first-order chi connectivity index (χ1) is 37.6. The lowest BCUT2D eigenvalue weighted by Gasteiger charge is -2.46. The van der Waals surface area contributed by atoms with Crippen LogP contribution in [0.2, 0.25) is 0 Å². The van der Waals surface area contributed by atoms with Gasteiger partial charge in [0, 0.05) is 6.42 Å². The van der Waals surface area contributed by atoms with Crippen molar-refractivity contribution in [2.75, 3.05) is 19.8 Å². The molecular weight excluding hydrogens is 979 g/mol. The van der Waals surface area contributed by atoms with Crippen LogP contribution in [0, 0.1) is 0 Å². The van der Waals surface area contributed by atoms with E-state index in [2.05, 4.69) is 67.8 Å². The summed E-state index contributed by atoms with van der Waals surface area (Å²) in [4.78, 5) is 13.3. The zero-order valence-electron chi connectivity index (χ0n) is 48.2. The summed E-state index contributed by atoms with van der Waals surface area (Å²) in [6, 6.07) is -0.938. The summed E-state index contributed by atoms with van der Waals surface area (Å²) in [6.07, 6.45) is 45.4. The molecule has 2 aliphatic heterocycles. The number of aliphatic hydroxyl groups is 8. The summed E-state index contributed by atoms with van der Waals surface area (Å²) in [7, 11) is 0. The van der Waals surface area contributed by atoms with Gasteiger partial charge in [0.15, 0.2) is 12.6 Å². The number of carbonyl (C=O) groups excluding carboxylic acids is 1. The van der Waals surface area contributed by atoms with Crippen LogP contribution in [0.1, 0.15) is 239 Å². The minimum Gasteiger partial charge on any atom is -0.394 e. The Labute approximate surface area is 466 Å². The number of amides is 1. The molecule has 77 heavy (non-hydrogen) atoms. The van der Waals surface area contributed by atoms with Crippen LogP contribution in [0.5, 0.6) is 0 Å². The highest BCUT2D eigenvalue weighted by molar-refractivity contribution is 5.76. The number of carbonyl (C=O) groups is 1. The maximum atomic E-state index is 13.3. The normalized spacial score (nSPS) is 25.1. The van der Waals surface area contributed by atoms with E-state index in [1.807, 2.05) is 6.08 Å². The average Bonchev–Trinajstić information content (AvgIpc) is 3.44. The van der Waals surface area contributed by atoms with Crippen LogP contribution in [-0.4, -0.2) is 140 Å². The van der Waals surface area contributed by atoms with E-state index in [1.165, 1.54) is 154 Å². The van der Waals surface area contributed by atoms with Gasteiger partial charge in [-0.25, -0.2) is 0 Å². The first kappa shape index (κ1) is 70.8. The van der Waals surface area contributed by atoms with Crippen molar-refractivity contribution in [3.05, 3.63) is 60.8 Å². The molecule has 9 N–H and O–H groups in total. The fraction of sp³-hybridized carbons (Fsp3) is 0.825. The van der Waals surface area contributed by atoms with Crippen molar-refractivity contribution in [1.82, 2.24) is 5.32 Å². The molecule has 1 amide bonds. The third-order valence-electron chi connectivity index (χ3n) is 14.9. The molecule has 448 valence electrons. The van der Waals surface area contributed by atoms with Crippen LogP contribution in [0.3, 0.4) is 0 Å². The van der Waals surface area contributed by atoms with E-state index in [0.717, 1.165) is 51.4 Å². The van der Waals surface area contributed by atoms with Crippen molar-refractivity contribution in [3.63, 3.8) is 0 Å². The topological polar surface area (TPSA) is 228 Å². The highest BCUT2D eigenvalue weighted by Gasteiger charge is 2.51. The summed E-state index contributed by atoms with van der Waals surface area (Å²) < 4.78 is 22.8. The van der Waals surface area contributed by atoms with Crippen molar-refractivity contribution in [2.24, 2.45) is 0 Å². The largest absolute Gasteiger partial charge is 0.394 e. The summed E-state index contributed by atoms with van der Waals surface area (Å²) in [6.45, 7) is 2.77. The quantitative estimate of drug-likeness (QED) is 0.0204. The number of nitrogens with one attached hydrogen (secondary N) is 1. The van der Waals surface area contributed by atoms with Crippen molar-refractivity contribution < 1.29 is 64.6 Å². The van der Waals surface area contributed by atoms with Gasteiger partial charge in [-0.15, -0.1) is 0 Å². The Morgan fingerprint density at radius 3 is 1.36 bits per heavy atom. The smallest absolute Gasteiger partial charge is 0.220 e. The first-order valence-electron chi connectivity index (χ1n) is 31.0. The first-order valence-corrected chi connectivity index (χ1v) is 31.0. The van der Waals surface area contributed by atoms with Gasteiger partial charge in [-0.05, 0) is 70.6 Å². The van der Waals surface area contributed by atoms with Crippen LogP contribution >= 0.6 is 0 Å². The minimum atomic E-state index is -1.79. The molecule has 0 saturated carbocycles. The van der Waals surface area contributed by atoms with Crippen LogP contribution in [0.25, 0.3) is 0 Å². The molecule has 0 aromatic heterocycles. The Balaban J connectivity index is 1.78. The van der Waals surface area contributed by atoms with Gasteiger partial charge in [-0.2, -0.15) is 0 Å². The van der Waals surface area contributed by atoms with Gasteiger partial charge in [0.05, 0.1) is 32.0 Å². The standard InChI is InChI=1S/C63H113NO13/c1-3-5-7-9-11-13-15-17-19-21-23-25-26-27-29-31-33-35-37-39-41-43-45-47-55(68)64-51(52(67)46-44-42-40-38-36-34-32-30-28-24-22-20-18-16-14-12-10-8-6-4-2)50-74-62-60(73)58(71)61(54(49-66)76-62)77-63-59(72)57(70)56(69)53(48-65)75-63/h15,17,21,23,26-27,36,38,44,46,51-54,56-63,65-67,69-73H,3-14,16,18-20,22,24-25,28-35,37,39-43,45,47-50H2,1-2H3,(H,64,68)/b17-15-,23-21-,27-26-,38-36+,46-44+. The lowest BCUT2D eigenvalue weighted by molar-refractivity contribution is -0.359. The fourth-order valence-corrected chi connectivity index (χ4v) is 9.90. The third-order valence-corrected chi connectivity index (χ3v) is 14.9. The maximum Gasteiger partial charge on any atom is 0.220 e. The molecule has 0 aromatic carbocycles. The van der Waals surface area contributed by atoms with E-state index in [9.17, 15) is 45.6 Å². The lowest BCUT2D eigenvalue weighted by Crippen LogP contribution is -2.65. The Hall–Kier alpha value is -2.31. The molecule has 0 aromatic rings. The van der Waals surface area contributed by atoms with Gasteiger partial charge >= 0.3 is 0 Å². The van der Waals surface area contributed by atoms with Gasteiger partial charge in [-0.1, -0.05) is 222 Å². The molecular formula is C63H113NO13. The zero-order valence-corrected chi connectivity index (χ0v) is 48.2. The van der Waals surface area contributed by atoms with E-state index in [-0.39, 0.29) is 18.9 Å². The van der Waals surface area contributed by atoms with Crippen molar-refractivity contribution in [1.29, 1.82) is 0 Å². The predicted octanol–water partition coefficient (Wildman–Crippen LogP) is 10.9. The fourth-order valence-electron chi connectivity index (χ4n) is 9.90. The van der Waals surface area contributed by atoms with Crippen LogP contribution < -0.4 is 5.32 Å². The van der Waals surface area contributed by atoms with E-state index < -0.39 is 86.8 Å². The number of allylic oxidation sites excluding steroid dienone is 9. The van der Waals surface area contributed by atoms with Crippen molar-refractivity contribution in [3.8, 4) is 0 Å². The molecule has 2 heterocycles. The van der Waals surface area contributed by atoms with Crippen molar-refractivity contribution in [2.45, 2.75) is 312 Å². The number of aliphatic hydroxyl groups excluding tert-OH is 8. The Kier molecular flexibility index (Phi) is 44.5. The van der Waals surface area contributed by atoms with E-state index >= 15 is 0 Å². The van der Waals surface area contributed by atoms with Gasteiger partial charge in [0.25, 0.3) is 0 Å². The summed E-state index contributed by atoms with van der Waals surface area (Å²) in [5, 5.41) is 87.1. The molecule has 12 atom stereocenters. The summed E-state index contributed by atoms with van der Waals surface area (Å²) in [5.74, 6) is -0.257. The molecule has 14 heteroatoms. The number of ether oxygens (including phenoxy) is 4. The molecule has 0 bridgehead atoms. The summed E-state index contributed by atoms with van der Waals surface area (Å²) in [5.41, 5.74) is 0. The van der Waals surface area contributed by atoms with Crippen molar-refractivity contribution >= 4 is 5.91 Å². The van der Waals surface area contributed by atoms with E-state index in [0.29, 0.717) is 12.8 Å². The summed E-state index contributed by atoms with van der Waals surface area (Å²) >= 11 is 0. The molecule has 14 nitrogen and oxygen atoms in total. The molecule has 2 rings (SSSR count). The predicted molar refractivity (Wildman–Crippen MR) is 309 cm³/mol. The Bertz CT molecular complexity index is 1520. The monoisotopic (exact) mass is 1090 g/mol. The average molecular weight is 1090 g/mol. The Morgan fingerprint density at radius 1 is 0.468 bits per heavy atom. The molecule has 2 aliphatic rings. The van der Waals surface area contributed by atoms with E-state index in [4.69, 9.17) is 18.9 Å². The second kappa shape index (κ2) is 48.4. The molecule has 0 spiro atoms. The molecule has 0 aliphatic carbocycles. The maximum absolute atomic E-state index is 13.3. The molecule has 2 saturated heterocycles. The highest BCUT2D eigenvalue weighted by Crippen LogP contribution is 2.30. The third kappa shape index (κ3) is 33.9. The van der Waals surface area contributed by atoms with Gasteiger partial charge in [0.2, 0.25) is 5.91 Å². The van der Waals surface area contributed by atoms with E-state index in [1.54, 1.807) is 6.08 Å². The van der Waals surface area contributed by atoms with Gasteiger partial charge < -0.3 is 65.1 Å². The lowest BCUT2D eigenvalue weighted by atomic mass is 9.97. The zero-order chi connectivity index (χ0) is 56.0. The number of rotatable bonds is 49. The van der Waals surface area contributed by atoms with Crippen LogP contribution in [0.15, 0.2) is 60.8 Å². The second-order valence-electron chi connectivity index (χ2n) is 21.8. The highest BCUT2D eigenvalue weighted by atomic mass is 16.7. The SMILES string of the molecule is CCCCCCC/C=C\C/C=C\C/C=C\CCCCCCCCCCC(=O)NC(COC1OC(CO)C(OC2OC(CO)C(O)C(O)C2O)C(O)C1O)C(O)/C=C/CC/C=C/CCCCCCCCCCCCCCCC. The Morgan fingerprint density at radius 2 is 0.870 bits per heavy atom. The van der Waals surface area contributed by atoms with Crippen LogP contribution in [-0.2, 0) is 23.7 Å². The van der Waals surface area contributed by atoms with Crippen LogP contribution in [0.4, 0.5) is 0 Å². The molecule has 2 fully saturated rings. The van der Waals surface area contributed by atoms with Gasteiger partial charge in [0.1, 0.15) is 48.8 Å².